The molecule has 106 valence electrons. The summed E-state index contributed by atoms with van der Waals surface area (Å²) in [5.74, 6) is 1.38. The first-order valence-electron chi connectivity index (χ1n) is 6.01. The molecule has 1 aromatic heterocycles. The highest BCUT2D eigenvalue weighted by atomic mass is 32.1. The summed E-state index contributed by atoms with van der Waals surface area (Å²) in [4.78, 5) is 13.5. The van der Waals surface area contributed by atoms with Crippen molar-refractivity contribution < 1.29 is 19.0 Å². The van der Waals surface area contributed by atoms with Gasteiger partial charge in [-0.25, -0.2) is 0 Å². The van der Waals surface area contributed by atoms with E-state index in [1.54, 1.807) is 23.5 Å². The average molecular weight is 292 g/mol. The van der Waals surface area contributed by atoms with Gasteiger partial charge in [-0.1, -0.05) is 0 Å². The Morgan fingerprint density at radius 1 is 1.05 bits per heavy atom. The van der Waals surface area contributed by atoms with Crippen LogP contribution in [0.5, 0.6) is 17.2 Å². The first-order chi connectivity index (χ1) is 9.62. The van der Waals surface area contributed by atoms with E-state index in [1.807, 2.05) is 18.4 Å². The van der Waals surface area contributed by atoms with Gasteiger partial charge in [0.25, 0.3) is 0 Å². The molecule has 4 nitrogen and oxygen atoms in total. The molecule has 2 aromatic rings. The smallest absolute Gasteiger partial charge is 0.203 e. The number of methoxy groups -OCH3 is 3. The third-order valence-corrected chi connectivity index (χ3v) is 3.88. The van der Waals surface area contributed by atoms with Crippen molar-refractivity contribution in [3.05, 3.63) is 39.6 Å². The summed E-state index contributed by atoms with van der Waals surface area (Å²) in [6, 6.07) is 5.16. The van der Waals surface area contributed by atoms with Crippen LogP contribution in [0, 0.1) is 6.92 Å². The number of hydrogen-bond donors (Lipinski definition) is 0. The lowest BCUT2D eigenvalue weighted by molar-refractivity contribution is 0.103. The van der Waals surface area contributed by atoms with Crippen LogP contribution < -0.4 is 14.2 Å². The van der Waals surface area contributed by atoms with Crippen LogP contribution in [-0.2, 0) is 0 Å². The van der Waals surface area contributed by atoms with Crippen LogP contribution in [0.4, 0.5) is 0 Å². The molecule has 0 aliphatic rings. The SMILES string of the molecule is COc1cc(C(=O)c2ccsc2C)cc(OC)c1OC. The lowest BCUT2D eigenvalue weighted by Gasteiger charge is -2.13. The molecule has 0 amide bonds. The van der Waals surface area contributed by atoms with Gasteiger partial charge in [0.2, 0.25) is 5.75 Å². The number of benzene rings is 1. The van der Waals surface area contributed by atoms with E-state index >= 15 is 0 Å². The number of hydrogen-bond acceptors (Lipinski definition) is 5. The first kappa shape index (κ1) is 14.4. The Labute approximate surface area is 121 Å². The maximum absolute atomic E-state index is 12.5. The largest absolute Gasteiger partial charge is 0.493 e. The summed E-state index contributed by atoms with van der Waals surface area (Å²) in [6.45, 7) is 1.93. The summed E-state index contributed by atoms with van der Waals surface area (Å²) >= 11 is 1.55. The van der Waals surface area contributed by atoms with Gasteiger partial charge < -0.3 is 14.2 Å². The zero-order valence-electron chi connectivity index (χ0n) is 11.9. The number of ketones is 1. The van der Waals surface area contributed by atoms with Crippen LogP contribution in [-0.4, -0.2) is 27.1 Å². The van der Waals surface area contributed by atoms with Crippen molar-refractivity contribution in [2.45, 2.75) is 6.92 Å². The molecule has 0 aliphatic carbocycles. The molecule has 1 aromatic carbocycles. The number of rotatable bonds is 5. The van der Waals surface area contributed by atoms with Crippen LogP contribution >= 0.6 is 11.3 Å². The van der Waals surface area contributed by atoms with Gasteiger partial charge in [-0.2, -0.15) is 0 Å². The number of aryl methyl sites for hydroxylation is 1. The molecular formula is C15H16O4S. The maximum Gasteiger partial charge on any atom is 0.203 e. The second-order valence-electron chi connectivity index (χ2n) is 4.13. The predicted octanol–water partition coefficient (Wildman–Crippen LogP) is 3.31. The van der Waals surface area contributed by atoms with E-state index in [0.29, 0.717) is 28.4 Å². The maximum atomic E-state index is 12.5. The molecule has 0 saturated carbocycles. The summed E-state index contributed by atoms with van der Waals surface area (Å²) < 4.78 is 15.8. The summed E-state index contributed by atoms with van der Waals surface area (Å²) in [7, 11) is 4.59. The van der Waals surface area contributed by atoms with E-state index in [4.69, 9.17) is 14.2 Å². The topological polar surface area (TPSA) is 44.8 Å². The molecule has 0 N–H and O–H groups in total. The monoisotopic (exact) mass is 292 g/mol. The molecule has 0 saturated heterocycles. The van der Waals surface area contributed by atoms with Gasteiger partial charge in [-0.15, -0.1) is 11.3 Å². The molecule has 0 bridgehead atoms. The van der Waals surface area contributed by atoms with Gasteiger partial charge in [0.1, 0.15) is 0 Å². The van der Waals surface area contributed by atoms with Gasteiger partial charge in [0.05, 0.1) is 21.3 Å². The molecule has 5 heteroatoms. The highest BCUT2D eigenvalue weighted by Crippen LogP contribution is 2.38. The molecule has 1 heterocycles. The van der Waals surface area contributed by atoms with Crippen LogP contribution in [0.2, 0.25) is 0 Å². The minimum Gasteiger partial charge on any atom is -0.493 e. The van der Waals surface area contributed by atoms with E-state index in [-0.39, 0.29) is 5.78 Å². The lowest BCUT2D eigenvalue weighted by Crippen LogP contribution is -2.04. The van der Waals surface area contributed by atoms with E-state index in [2.05, 4.69) is 0 Å². The molecule has 0 unspecified atom stereocenters. The molecule has 0 fully saturated rings. The Kier molecular flexibility index (Phi) is 4.29. The van der Waals surface area contributed by atoms with E-state index in [9.17, 15) is 4.79 Å². The van der Waals surface area contributed by atoms with Crippen molar-refractivity contribution in [2.75, 3.05) is 21.3 Å². The van der Waals surface area contributed by atoms with Crippen molar-refractivity contribution in [1.29, 1.82) is 0 Å². The second kappa shape index (κ2) is 5.96. The lowest BCUT2D eigenvalue weighted by atomic mass is 10.0. The fourth-order valence-corrected chi connectivity index (χ4v) is 2.68. The Balaban J connectivity index is 2.53. The standard InChI is InChI=1S/C15H16O4S/c1-9-11(5-6-20-9)14(16)10-7-12(17-2)15(19-4)13(8-10)18-3/h5-8H,1-4H3. The fraction of sp³-hybridized carbons (Fsp3) is 0.267. The highest BCUT2D eigenvalue weighted by Gasteiger charge is 2.19. The Hall–Kier alpha value is -2.01. The third kappa shape index (κ3) is 2.49. The molecule has 0 atom stereocenters. The van der Waals surface area contributed by atoms with Crippen LogP contribution in [0.1, 0.15) is 20.8 Å². The Morgan fingerprint density at radius 3 is 2.05 bits per heavy atom. The van der Waals surface area contributed by atoms with Crippen LogP contribution in [0.3, 0.4) is 0 Å². The van der Waals surface area contributed by atoms with Gasteiger partial charge in [0, 0.05) is 16.0 Å². The first-order valence-corrected chi connectivity index (χ1v) is 6.89. The van der Waals surface area contributed by atoms with Crippen molar-refractivity contribution in [2.24, 2.45) is 0 Å². The van der Waals surface area contributed by atoms with Crippen molar-refractivity contribution >= 4 is 17.1 Å². The molecule has 0 aliphatic heterocycles. The summed E-state index contributed by atoms with van der Waals surface area (Å²) in [6.07, 6.45) is 0. The minimum absolute atomic E-state index is 0.0528. The fourth-order valence-electron chi connectivity index (χ4n) is 1.99. The predicted molar refractivity (Wildman–Crippen MR) is 78.6 cm³/mol. The number of ether oxygens (including phenoxy) is 3. The van der Waals surface area contributed by atoms with Crippen LogP contribution in [0.25, 0.3) is 0 Å². The van der Waals surface area contributed by atoms with Gasteiger partial charge in [0.15, 0.2) is 17.3 Å². The summed E-state index contributed by atoms with van der Waals surface area (Å²) in [5, 5.41) is 1.90. The van der Waals surface area contributed by atoms with Crippen LogP contribution in [0.15, 0.2) is 23.6 Å². The van der Waals surface area contributed by atoms with Gasteiger partial charge >= 0.3 is 0 Å². The zero-order chi connectivity index (χ0) is 14.7. The van der Waals surface area contributed by atoms with E-state index in [0.717, 1.165) is 4.88 Å². The van der Waals surface area contributed by atoms with Gasteiger partial charge in [-0.3, -0.25) is 4.79 Å². The normalized spacial score (nSPS) is 10.2. The molecular weight excluding hydrogens is 276 g/mol. The van der Waals surface area contributed by atoms with Crippen molar-refractivity contribution in [1.82, 2.24) is 0 Å². The molecule has 2 rings (SSSR count). The van der Waals surface area contributed by atoms with Gasteiger partial charge in [-0.05, 0) is 30.5 Å². The molecule has 0 radical (unpaired) electrons. The zero-order valence-corrected chi connectivity index (χ0v) is 12.7. The van der Waals surface area contributed by atoms with Crippen molar-refractivity contribution in [3.8, 4) is 17.2 Å². The highest BCUT2D eigenvalue weighted by molar-refractivity contribution is 7.10. The molecule has 0 spiro atoms. The number of carbonyl (C=O) groups is 1. The molecule has 20 heavy (non-hydrogen) atoms. The Morgan fingerprint density at radius 2 is 1.65 bits per heavy atom. The number of carbonyl (C=O) groups excluding carboxylic acids is 1. The second-order valence-corrected chi connectivity index (χ2v) is 5.25. The quantitative estimate of drug-likeness (QED) is 0.793. The third-order valence-electron chi connectivity index (χ3n) is 3.03. The Bertz CT molecular complexity index is 606. The number of thiophene rings is 1. The van der Waals surface area contributed by atoms with E-state index < -0.39 is 0 Å². The summed E-state index contributed by atoms with van der Waals surface area (Å²) in [5.41, 5.74) is 1.21. The van der Waals surface area contributed by atoms with Crippen molar-refractivity contribution in [3.63, 3.8) is 0 Å². The minimum atomic E-state index is -0.0528. The van der Waals surface area contributed by atoms with E-state index in [1.165, 1.54) is 21.3 Å². The average Bonchev–Trinajstić information content (AvgIpc) is 2.90.